The van der Waals surface area contributed by atoms with Gasteiger partial charge in [-0.15, -0.1) is 11.3 Å². The molecule has 5 rings (SSSR count). The van der Waals surface area contributed by atoms with Gasteiger partial charge in [0, 0.05) is 11.8 Å². The van der Waals surface area contributed by atoms with E-state index in [2.05, 4.69) is 36.4 Å². The quantitative estimate of drug-likeness (QED) is 0.265. The molecule has 0 aliphatic rings. The lowest BCUT2D eigenvalue weighted by atomic mass is 10.2. The van der Waals surface area contributed by atoms with Crippen LogP contribution in [0.4, 0.5) is 18.9 Å². The van der Waals surface area contributed by atoms with Crippen molar-refractivity contribution in [3.63, 3.8) is 0 Å². The maximum Gasteiger partial charge on any atom is 0.433 e. The summed E-state index contributed by atoms with van der Waals surface area (Å²) in [4.78, 5) is 17.8. The molecule has 0 saturated carbocycles. The number of aromatic nitrogens is 5. The second-order valence-corrected chi connectivity index (χ2v) is 9.84. The highest BCUT2D eigenvalue weighted by atomic mass is 79.9. The molecule has 1 aromatic carbocycles. The average molecular weight is 575 g/mol. The van der Waals surface area contributed by atoms with Crippen LogP contribution in [0.5, 0.6) is 0 Å². The van der Waals surface area contributed by atoms with Crippen LogP contribution in [0.15, 0.2) is 58.4 Å². The largest absolute Gasteiger partial charge is 0.433 e. The topological polar surface area (TPSA) is 77.1 Å². The highest BCUT2D eigenvalue weighted by molar-refractivity contribution is 9.10. The summed E-state index contributed by atoms with van der Waals surface area (Å²) in [6, 6.07) is 12.8. The molecule has 7 nitrogen and oxygen atoms in total. The summed E-state index contributed by atoms with van der Waals surface area (Å²) in [5, 5.41) is 12.9. The number of thiophene rings is 1. The maximum absolute atomic E-state index is 13.8. The van der Waals surface area contributed by atoms with Gasteiger partial charge in [-0.1, -0.05) is 18.2 Å². The lowest BCUT2D eigenvalue weighted by molar-refractivity contribution is -0.142. The molecular formula is C24H18BrF3N6OS. The molecule has 0 spiro atoms. The number of nitrogens with zero attached hydrogens (tertiary/aromatic N) is 5. The third kappa shape index (κ3) is 4.65. The zero-order valence-electron chi connectivity index (χ0n) is 19.0. The number of carbonyl (C=O) groups is 1. The third-order valence-electron chi connectivity index (χ3n) is 5.53. The normalized spacial score (nSPS) is 11.8. The molecule has 0 fully saturated rings. The summed E-state index contributed by atoms with van der Waals surface area (Å²) in [6.07, 6.45) is -4.68. The Balaban J connectivity index is 1.43. The zero-order chi connectivity index (χ0) is 25.6. The van der Waals surface area contributed by atoms with Crippen LogP contribution in [0, 0.1) is 13.8 Å². The number of fused-ring (bicyclic) bond motifs is 1. The van der Waals surface area contributed by atoms with Gasteiger partial charge in [0.2, 0.25) is 0 Å². The lowest BCUT2D eigenvalue weighted by Gasteiger charge is -2.10. The third-order valence-corrected chi connectivity index (χ3v) is 7.57. The molecule has 12 heteroatoms. The van der Waals surface area contributed by atoms with E-state index in [4.69, 9.17) is 0 Å². The van der Waals surface area contributed by atoms with Gasteiger partial charge in [-0.2, -0.15) is 23.4 Å². The fraction of sp³-hybridized carbons (Fsp3) is 0.167. The number of benzene rings is 1. The smallest absolute Gasteiger partial charge is 0.321 e. The molecule has 184 valence electrons. The van der Waals surface area contributed by atoms with Crippen LogP contribution in [0.25, 0.3) is 16.2 Å². The Morgan fingerprint density at radius 3 is 2.58 bits per heavy atom. The predicted molar refractivity (Wildman–Crippen MR) is 134 cm³/mol. The minimum Gasteiger partial charge on any atom is -0.321 e. The first-order chi connectivity index (χ1) is 17.1. The van der Waals surface area contributed by atoms with E-state index in [9.17, 15) is 18.0 Å². The number of anilines is 1. The molecule has 4 aromatic heterocycles. The van der Waals surface area contributed by atoms with Crippen molar-refractivity contribution in [1.29, 1.82) is 0 Å². The molecule has 1 amide bonds. The van der Waals surface area contributed by atoms with Crippen molar-refractivity contribution in [3.05, 3.63) is 86.7 Å². The Kier molecular flexibility index (Phi) is 6.17. The summed E-state index contributed by atoms with van der Waals surface area (Å²) in [5.74, 6) is -0.641. The van der Waals surface area contributed by atoms with E-state index >= 15 is 0 Å². The minimum absolute atomic E-state index is 0.0674. The summed E-state index contributed by atoms with van der Waals surface area (Å²) < 4.78 is 44.8. The van der Waals surface area contributed by atoms with Gasteiger partial charge in [0.25, 0.3) is 5.91 Å². The first-order valence-electron chi connectivity index (χ1n) is 10.7. The molecule has 4 heterocycles. The summed E-state index contributed by atoms with van der Waals surface area (Å²) in [6.45, 7) is 4.34. The van der Waals surface area contributed by atoms with Crippen LogP contribution in [-0.2, 0) is 12.7 Å². The van der Waals surface area contributed by atoms with Gasteiger partial charge in [0.05, 0.1) is 33.0 Å². The Morgan fingerprint density at radius 1 is 1.11 bits per heavy atom. The van der Waals surface area contributed by atoms with Crippen LogP contribution in [0.1, 0.15) is 33.1 Å². The summed E-state index contributed by atoms with van der Waals surface area (Å²) in [7, 11) is 0. The second kappa shape index (κ2) is 9.17. The van der Waals surface area contributed by atoms with Crippen LogP contribution in [0.3, 0.4) is 0 Å². The van der Waals surface area contributed by atoms with Crippen LogP contribution in [0.2, 0.25) is 0 Å². The number of alkyl halides is 3. The Bertz CT molecular complexity index is 1590. The molecule has 5 aromatic rings. The van der Waals surface area contributed by atoms with Gasteiger partial charge in [-0.3, -0.25) is 9.48 Å². The maximum atomic E-state index is 13.8. The van der Waals surface area contributed by atoms with Gasteiger partial charge in [-0.05, 0) is 65.0 Å². The van der Waals surface area contributed by atoms with E-state index in [0.29, 0.717) is 21.6 Å². The molecule has 0 bridgehead atoms. The average Bonchev–Trinajstić information content (AvgIpc) is 3.55. The van der Waals surface area contributed by atoms with Crippen molar-refractivity contribution >= 4 is 44.5 Å². The number of carbonyl (C=O) groups excluding carboxylic acids is 1. The van der Waals surface area contributed by atoms with Crippen molar-refractivity contribution in [1.82, 2.24) is 24.4 Å². The Hall–Kier alpha value is -3.51. The molecule has 1 N–H and O–H groups in total. The van der Waals surface area contributed by atoms with Crippen LogP contribution >= 0.6 is 27.3 Å². The van der Waals surface area contributed by atoms with E-state index in [1.165, 1.54) is 17.4 Å². The van der Waals surface area contributed by atoms with Gasteiger partial charge >= 0.3 is 6.18 Å². The first-order valence-corrected chi connectivity index (χ1v) is 12.4. The van der Waals surface area contributed by atoms with Gasteiger partial charge in [0.1, 0.15) is 0 Å². The van der Waals surface area contributed by atoms with Crippen LogP contribution < -0.4 is 5.32 Å². The van der Waals surface area contributed by atoms with Gasteiger partial charge in [0.15, 0.2) is 17.0 Å². The van der Waals surface area contributed by atoms with Crippen molar-refractivity contribution in [3.8, 4) is 10.6 Å². The van der Waals surface area contributed by atoms with E-state index in [-0.39, 0.29) is 17.0 Å². The van der Waals surface area contributed by atoms with E-state index in [0.717, 1.165) is 27.5 Å². The molecule has 0 aliphatic heterocycles. The highest BCUT2D eigenvalue weighted by Gasteiger charge is 2.35. The number of halogens is 4. The van der Waals surface area contributed by atoms with Gasteiger partial charge in [-0.25, -0.2) is 9.50 Å². The molecule has 0 saturated heterocycles. The number of hydrogen-bond acceptors (Lipinski definition) is 5. The molecule has 0 radical (unpaired) electrons. The summed E-state index contributed by atoms with van der Waals surface area (Å²) in [5.41, 5.74) is 2.14. The Labute approximate surface area is 215 Å². The van der Waals surface area contributed by atoms with E-state index < -0.39 is 17.8 Å². The SMILES string of the molecule is Cc1nn(Cc2cccc(NC(=O)c3cc4nc(-c5cccs5)cc(C(F)(F)F)n4n3)c2)c(C)c1Br. The van der Waals surface area contributed by atoms with E-state index in [1.54, 1.807) is 35.7 Å². The summed E-state index contributed by atoms with van der Waals surface area (Å²) >= 11 is 4.79. The van der Waals surface area contributed by atoms with E-state index in [1.807, 2.05) is 24.6 Å². The molecule has 0 aliphatic carbocycles. The van der Waals surface area contributed by atoms with Crippen molar-refractivity contribution in [2.45, 2.75) is 26.6 Å². The first kappa shape index (κ1) is 24.2. The zero-order valence-corrected chi connectivity index (χ0v) is 21.4. The number of hydrogen-bond donors (Lipinski definition) is 1. The fourth-order valence-electron chi connectivity index (χ4n) is 3.78. The van der Waals surface area contributed by atoms with Crippen molar-refractivity contribution < 1.29 is 18.0 Å². The number of aryl methyl sites for hydroxylation is 1. The molecule has 0 unspecified atom stereocenters. The number of nitrogens with one attached hydrogen (secondary N) is 1. The van der Waals surface area contributed by atoms with Crippen molar-refractivity contribution in [2.24, 2.45) is 0 Å². The standard InChI is InChI=1S/C24H18BrF3N6OS/c1-13-22(25)14(2)33(31-13)12-15-5-3-6-16(9-15)29-23(35)18-11-21-30-17(19-7-4-8-36-19)10-20(24(26,27)28)34(21)32-18/h3-11H,12H2,1-2H3,(H,29,35). The minimum atomic E-state index is -4.68. The van der Waals surface area contributed by atoms with Crippen LogP contribution in [-0.4, -0.2) is 30.3 Å². The van der Waals surface area contributed by atoms with Crippen molar-refractivity contribution in [2.75, 3.05) is 5.32 Å². The molecular weight excluding hydrogens is 557 g/mol. The molecule has 36 heavy (non-hydrogen) atoms. The Morgan fingerprint density at radius 2 is 1.92 bits per heavy atom. The molecule has 0 atom stereocenters. The lowest BCUT2D eigenvalue weighted by Crippen LogP contribution is -2.16. The van der Waals surface area contributed by atoms with Gasteiger partial charge < -0.3 is 5.32 Å². The predicted octanol–water partition coefficient (Wildman–Crippen LogP) is 6.35. The fourth-order valence-corrected chi connectivity index (χ4v) is 4.75. The monoisotopic (exact) mass is 574 g/mol. The second-order valence-electron chi connectivity index (χ2n) is 8.10. The number of rotatable bonds is 5. The number of amides is 1. The highest BCUT2D eigenvalue weighted by Crippen LogP contribution is 2.33.